The molecule has 1 N–H and O–H groups in total. The first kappa shape index (κ1) is 16.5. The highest BCUT2D eigenvalue weighted by atomic mass is 35.5. The van der Waals surface area contributed by atoms with Crippen LogP contribution in [0.2, 0.25) is 5.15 Å². The van der Waals surface area contributed by atoms with E-state index in [4.69, 9.17) is 16.3 Å². The maximum absolute atomic E-state index is 12.5. The van der Waals surface area contributed by atoms with E-state index >= 15 is 0 Å². The normalized spacial score (nSPS) is 12.4. The number of benzene rings is 1. The van der Waals surface area contributed by atoms with Crippen molar-refractivity contribution in [3.63, 3.8) is 0 Å². The van der Waals surface area contributed by atoms with Gasteiger partial charge in [0, 0.05) is 24.4 Å². The highest BCUT2D eigenvalue weighted by Crippen LogP contribution is 2.30. The Balaban J connectivity index is 1.59. The van der Waals surface area contributed by atoms with Crippen molar-refractivity contribution in [3.05, 3.63) is 70.8 Å². The minimum Gasteiger partial charge on any atom is -0.493 e. The molecule has 2 aromatic heterocycles. The molecule has 0 saturated heterocycles. The number of carbonyl (C=O) groups is 1. The largest absolute Gasteiger partial charge is 0.493 e. The molecule has 6 heteroatoms. The van der Waals surface area contributed by atoms with Gasteiger partial charge in [-0.2, -0.15) is 0 Å². The Labute approximate surface area is 156 Å². The van der Waals surface area contributed by atoms with Crippen molar-refractivity contribution in [3.8, 4) is 16.9 Å². The Bertz CT molecular complexity index is 1000. The zero-order chi connectivity index (χ0) is 18.1. The van der Waals surface area contributed by atoms with Crippen molar-refractivity contribution in [2.45, 2.75) is 13.3 Å². The van der Waals surface area contributed by atoms with Crippen LogP contribution in [0, 0.1) is 6.92 Å². The third-order valence-electron chi connectivity index (χ3n) is 4.30. The summed E-state index contributed by atoms with van der Waals surface area (Å²) in [5.41, 5.74) is 4.96. The minimum atomic E-state index is -0.243. The number of nitrogens with one attached hydrogen (secondary N) is 1. The molecule has 1 aliphatic rings. The van der Waals surface area contributed by atoms with Gasteiger partial charge in [-0.1, -0.05) is 17.7 Å². The summed E-state index contributed by atoms with van der Waals surface area (Å²) in [6, 6.07) is 9.65. The average Bonchev–Trinajstić information content (AvgIpc) is 3.12. The molecule has 0 unspecified atom stereocenters. The number of amides is 1. The molecule has 1 aliphatic heterocycles. The molecule has 0 atom stereocenters. The number of aryl methyl sites for hydroxylation is 1. The van der Waals surface area contributed by atoms with Crippen molar-refractivity contribution in [1.29, 1.82) is 0 Å². The van der Waals surface area contributed by atoms with Gasteiger partial charge in [0.15, 0.2) is 0 Å². The van der Waals surface area contributed by atoms with Crippen LogP contribution in [-0.4, -0.2) is 22.5 Å². The molecule has 0 saturated carbocycles. The second-order valence-electron chi connectivity index (χ2n) is 6.17. The van der Waals surface area contributed by atoms with Crippen LogP contribution in [-0.2, 0) is 6.42 Å². The summed E-state index contributed by atoms with van der Waals surface area (Å²) in [6.07, 6.45) is 5.73. The van der Waals surface area contributed by atoms with Gasteiger partial charge in [0.25, 0.3) is 5.91 Å². The number of rotatable bonds is 3. The maximum atomic E-state index is 12.5. The van der Waals surface area contributed by atoms with E-state index in [2.05, 4.69) is 21.4 Å². The van der Waals surface area contributed by atoms with E-state index in [9.17, 15) is 4.79 Å². The molecule has 0 spiro atoms. The molecule has 4 rings (SSSR count). The molecule has 5 nitrogen and oxygen atoms in total. The summed E-state index contributed by atoms with van der Waals surface area (Å²) in [4.78, 5) is 20.8. The average molecular weight is 366 g/mol. The predicted octanol–water partition coefficient (Wildman–Crippen LogP) is 4.29. The zero-order valence-corrected chi connectivity index (χ0v) is 14.9. The Morgan fingerprint density at radius 3 is 2.88 bits per heavy atom. The monoisotopic (exact) mass is 365 g/mol. The van der Waals surface area contributed by atoms with Crippen molar-refractivity contribution in [2.75, 3.05) is 11.9 Å². The fraction of sp³-hybridized carbons (Fsp3) is 0.150. The van der Waals surface area contributed by atoms with Crippen LogP contribution in [0.5, 0.6) is 5.75 Å². The summed E-state index contributed by atoms with van der Waals surface area (Å²) >= 11 is 5.92. The molecule has 3 aromatic rings. The summed E-state index contributed by atoms with van der Waals surface area (Å²) in [5.74, 6) is 0.689. The smallest absolute Gasteiger partial charge is 0.257 e. The molecule has 0 radical (unpaired) electrons. The number of aromatic nitrogens is 2. The lowest BCUT2D eigenvalue weighted by Crippen LogP contribution is -2.12. The van der Waals surface area contributed by atoms with Crippen LogP contribution in [0.1, 0.15) is 21.5 Å². The van der Waals surface area contributed by atoms with E-state index < -0.39 is 0 Å². The van der Waals surface area contributed by atoms with Gasteiger partial charge in [-0.15, -0.1) is 0 Å². The molecule has 130 valence electrons. The molecular weight excluding hydrogens is 350 g/mol. The fourth-order valence-corrected chi connectivity index (χ4v) is 3.02. The van der Waals surface area contributed by atoms with Crippen LogP contribution >= 0.6 is 11.6 Å². The third kappa shape index (κ3) is 3.26. The number of hydrogen-bond donors (Lipinski definition) is 1. The lowest BCUT2D eigenvalue weighted by atomic mass is 10.0. The van der Waals surface area contributed by atoms with E-state index in [1.54, 1.807) is 18.5 Å². The second-order valence-corrected chi connectivity index (χ2v) is 6.53. The van der Waals surface area contributed by atoms with Crippen molar-refractivity contribution in [2.24, 2.45) is 0 Å². The Hall–Kier alpha value is -2.92. The van der Waals surface area contributed by atoms with Crippen LogP contribution in [0.15, 0.2) is 48.9 Å². The first-order valence-corrected chi connectivity index (χ1v) is 8.62. The molecule has 0 aliphatic carbocycles. The number of fused-ring (bicyclic) bond motifs is 1. The van der Waals surface area contributed by atoms with E-state index in [-0.39, 0.29) is 5.91 Å². The Morgan fingerprint density at radius 2 is 2.04 bits per heavy atom. The highest BCUT2D eigenvalue weighted by molar-refractivity contribution is 6.30. The van der Waals surface area contributed by atoms with Crippen LogP contribution in [0.4, 0.5) is 5.69 Å². The lowest BCUT2D eigenvalue weighted by Gasteiger charge is -2.08. The van der Waals surface area contributed by atoms with Gasteiger partial charge in [-0.3, -0.25) is 9.78 Å². The predicted molar refractivity (Wildman–Crippen MR) is 101 cm³/mol. The van der Waals surface area contributed by atoms with Crippen molar-refractivity contribution in [1.82, 2.24) is 9.97 Å². The molecule has 3 heterocycles. The molecule has 0 fully saturated rings. The summed E-state index contributed by atoms with van der Waals surface area (Å²) in [5, 5.41) is 3.25. The minimum absolute atomic E-state index is 0.243. The summed E-state index contributed by atoms with van der Waals surface area (Å²) < 4.78 is 5.54. The second kappa shape index (κ2) is 6.77. The number of hydrogen-bond acceptors (Lipinski definition) is 4. The first-order valence-electron chi connectivity index (χ1n) is 8.25. The van der Waals surface area contributed by atoms with E-state index in [1.807, 2.05) is 25.1 Å². The molecular formula is C20H16ClN3O2. The van der Waals surface area contributed by atoms with Crippen LogP contribution < -0.4 is 10.1 Å². The van der Waals surface area contributed by atoms with Crippen molar-refractivity contribution < 1.29 is 9.53 Å². The lowest BCUT2D eigenvalue weighted by molar-refractivity contribution is 0.102. The molecule has 1 aromatic carbocycles. The van der Waals surface area contributed by atoms with Crippen LogP contribution in [0.25, 0.3) is 11.1 Å². The Kier molecular flexibility index (Phi) is 4.31. The number of nitrogens with zero attached hydrogens (tertiary/aromatic N) is 2. The van der Waals surface area contributed by atoms with Gasteiger partial charge in [-0.25, -0.2) is 4.98 Å². The highest BCUT2D eigenvalue weighted by Gasteiger charge is 2.14. The van der Waals surface area contributed by atoms with Gasteiger partial charge < -0.3 is 10.1 Å². The van der Waals surface area contributed by atoms with Gasteiger partial charge in [0.05, 0.1) is 24.1 Å². The molecule has 1 amide bonds. The standard InChI is InChI=1S/C20H16ClN3O2/c1-12-6-17(11-23-19(12)21)24-20(25)16-8-15(9-22-10-16)13-2-3-18-14(7-13)4-5-26-18/h2-3,6-11H,4-5H2,1H3,(H,24,25). The number of ether oxygens (including phenoxy) is 1. The van der Waals surface area contributed by atoms with Gasteiger partial charge in [0.2, 0.25) is 0 Å². The van der Waals surface area contributed by atoms with Gasteiger partial charge in [-0.05, 0) is 47.9 Å². The van der Waals surface area contributed by atoms with E-state index in [0.29, 0.717) is 23.0 Å². The number of halogens is 1. The number of pyridine rings is 2. The van der Waals surface area contributed by atoms with E-state index in [0.717, 1.165) is 28.9 Å². The number of carbonyl (C=O) groups excluding carboxylic acids is 1. The third-order valence-corrected chi connectivity index (χ3v) is 4.69. The summed E-state index contributed by atoms with van der Waals surface area (Å²) in [6.45, 7) is 2.55. The Morgan fingerprint density at radius 1 is 1.15 bits per heavy atom. The van der Waals surface area contributed by atoms with Crippen molar-refractivity contribution >= 4 is 23.2 Å². The zero-order valence-electron chi connectivity index (χ0n) is 14.1. The topological polar surface area (TPSA) is 64.1 Å². The summed E-state index contributed by atoms with van der Waals surface area (Å²) in [7, 11) is 0. The van der Waals surface area contributed by atoms with E-state index in [1.165, 1.54) is 11.8 Å². The van der Waals surface area contributed by atoms with Gasteiger partial charge in [0.1, 0.15) is 10.9 Å². The first-order chi connectivity index (χ1) is 12.6. The van der Waals surface area contributed by atoms with Crippen LogP contribution in [0.3, 0.4) is 0 Å². The quantitative estimate of drug-likeness (QED) is 0.703. The van der Waals surface area contributed by atoms with Gasteiger partial charge >= 0.3 is 0 Å². The molecule has 0 bridgehead atoms. The molecule has 26 heavy (non-hydrogen) atoms. The maximum Gasteiger partial charge on any atom is 0.257 e. The SMILES string of the molecule is Cc1cc(NC(=O)c2cncc(-c3ccc4c(c3)CCO4)c2)cnc1Cl. The number of anilines is 1. The fourth-order valence-electron chi connectivity index (χ4n) is 2.92.